The minimum Gasteiger partial charge on any atom is -0.275 e. The van der Waals surface area contributed by atoms with Crippen molar-refractivity contribution in [3.05, 3.63) is 41.3 Å². The van der Waals surface area contributed by atoms with Crippen molar-refractivity contribution in [2.75, 3.05) is 0 Å². The molecule has 6 heteroatoms. The molecule has 19 heavy (non-hydrogen) atoms. The van der Waals surface area contributed by atoms with E-state index in [1.165, 1.54) is 0 Å². The van der Waals surface area contributed by atoms with Crippen molar-refractivity contribution < 1.29 is 0 Å². The highest BCUT2D eigenvalue weighted by atomic mass is 35.5. The molecule has 0 aliphatic carbocycles. The van der Waals surface area contributed by atoms with Crippen molar-refractivity contribution in [3.63, 3.8) is 0 Å². The number of nitrogens with zero attached hydrogens (tertiary/aromatic N) is 4. The van der Waals surface area contributed by atoms with Crippen molar-refractivity contribution in [2.45, 2.75) is 6.92 Å². The molecule has 0 atom stereocenters. The predicted molar refractivity (Wildman–Crippen MR) is 78.7 cm³/mol. The Morgan fingerprint density at radius 2 is 1.74 bits per heavy atom. The maximum atomic E-state index is 5.85. The molecule has 3 heterocycles. The van der Waals surface area contributed by atoms with Crippen molar-refractivity contribution in [1.29, 1.82) is 0 Å². The van der Waals surface area contributed by atoms with Gasteiger partial charge in [-0.3, -0.25) is 4.68 Å². The van der Waals surface area contributed by atoms with Crippen LogP contribution in [0.15, 0.2) is 30.5 Å². The highest BCUT2D eigenvalue weighted by molar-refractivity contribution is 6.29. The summed E-state index contributed by atoms with van der Waals surface area (Å²) in [4.78, 5) is 8.81. The number of rotatable bonds is 1. The molecule has 0 saturated heterocycles. The molecule has 0 fully saturated rings. The van der Waals surface area contributed by atoms with Crippen molar-refractivity contribution in [3.8, 4) is 11.3 Å². The lowest BCUT2D eigenvalue weighted by Crippen LogP contribution is -1.88. The van der Waals surface area contributed by atoms with Gasteiger partial charge in [0.15, 0.2) is 0 Å². The Hall–Kier alpha value is -1.65. The van der Waals surface area contributed by atoms with E-state index in [1.807, 2.05) is 38.4 Å². The van der Waals surface area contributed by atoms with Gasteiger partial charge in [0, 0.05) is 18.8 Å². The maximum absolute atomic E-state index is 5.85. The molecule has 0 aliphatic heterocycles. The molecule has 0 aromatic carbocycles. The second-order valence-electron chi connectivity index (χ2n) is 4.17. The van der Waals surface area contributed by atoms with Crippen molar-refractivity contribution in [1.82, 2.24) is 19.7 Å². The minimum atomic E-state index is 0. The molecule has 98 valence electrons. The van der Waals surface area contributed by atoms with Crippen LogP contribution in [0.2, 0.25) is 5.15 Å². The van der Waals surface area contributed by atoms with Crippen LogP contribution in [0, 0.1) is 6.92 Å². The van der Waals surface area contributed by atoms with Gasteiger partial charge in [-0.15, -0.1) is 12.4 Å². The molecular formula is C13H12Cl2N4. The van der Waals surface area contributed by atoms with Gasteiger partial charge in [0.1, 0.15) is 5.15 Å². The lowest BCUT2D eigenvalue weighted by atomic mass is 10.1. The molecule has 0 radical (unpaired) electrons. The molecular weight excluding hydrogens is 283 g/mol. The SMILES string of the molecule is Cc1nn(C)cc1-c1ccc2nc(Cl)ccc2n1.Cl. The molecule has 3 aromatic rings. The Morgan fingerprint density at radius 1 is 1.05 bits per heavy atom. The van der Waals surface area contributed by atoms with Gasteiger partial charge < -0.3 is 0 Å². The molecule has 3 aromatic heterocycles. The molecule has 0 aliphatic rings. The first-order valence-corrected chi connectivity index (χ1v) is 5.95. The maximum Gasteiger partial charge on any atom is 0.129 e. The quantitative estimate of drug-likeness (QED) is 0.646. The average Bonchev–Trinajstić information content (AvgIpc) is 2.68. The number of fused-ring (bicyclic) bond motifs is 1. The van der Waals surface area contributed by atoms with Crippen LogP contribution in [-0.4, -0.2) is 19.7 Å². The van der Waals surface area contributed by atoms with Gasteiger partial charge in [-0.1, -0.05) is 11.6 Å². The van der Waals surface area contributed by atoms with E-state index < -0.39 is 0 Å². The smallest absolute Gasteiger partial charge is 0.129 e. The lowest BCUT2D eigenvalue weighted by molar-refractivity contribution is 0.756. The molecule has 0 N–H and O–H groups in total. The number of halogens is 2. The fourth-order valence-corrected chi connectivity index (χ4v) is 2.14. The predicted octanol–water partition coefficient (Wildman–Crippen LogP) is 3.41. The van der Waals surface area contributed by atoms with Crippen LogP contribution >= 0.6 is 24.0 Å². The number of hydrogen-bond donors (Lipinski definition) is 0. The number of aromatic nitrogens is 4. The van der Waals surface area contributed by atoms with E-state index in [4.69, 9.17) is 11.6 Å². The van der Waals surface area contributed by atoms with Gasteiger partial charge in [0.2, 0.25) is 0 Å². The standard InChI is InChI=1S/C13H11ClN4.ClH/c1-8-9(7-18(2)17-8)10-3-4-12-11(15-10)5-6-13(14)16-12;/h3-7H,1-2H3;1H. The molecule has 3 rings (SSSR count). The molecule has 0 bridgehead atoms. The van der Waals surface area contributed by atoms with E-state index in [9.17, 15) is 0 Å². The fraction of sp³-hybridized carbons (Fsp3) is 0.154. The number of hydrogen-bond acceptors (Lipinski definition) is 3. The zero-order valence-electron chi connectivity index (χ0n) is 10.5. The third kappa shape index (κ3) is 2.55. The van der Waals surface area contributed by atoms with Gasteiger partial charge in [-0.05, 0) is 31.2 Å². The molecule has 4 nitrogen and oxygen atoms in total. The van der Waals surface area contributed by atoms with Crippen LogP contribution < -0.4 is 0 Å². The van der Waals surface area contributed by atoms with E-state index in [2.05, 4.69) is 15.1 Å². The van der Waals surface area contributed by atoms with Crippen LogP contribution in [0.1, 0.15) is 5.69 Å². The topological polar surface area (TPSA) is 43.6 Å². The summed E-state index contributed by atoms with van der Waals surface area (Å²) in [5, 5.41) is 4.80. The van der Waals surface area contributed by atoms with E-state index in [-0.39, 0.29) is 12.4 Å². The Kier molecular flexibility index (Phi) is 3.73. The van der Waals surface area contributed by atoms with E-state index in [0.717, 1.165) is 28.0 Å². The summed E-state index contributed by atoms with van der Waals surface area (Å²) in [5.41, 5.74) is 4.53. The summed E-state index contributed by atoms with van der Waals surface area (Å²) in [6.45, 7) is 1.97. The first-order valence-electron chi connectivity index (χ1n) is 5.57. The fourth-order valence-electron chi connectivity index (χ4n) is 1.99. The Morgan fingerprint density at radius 3 is 2.42 bits per heavy atom. The van der Waals surface area contributed by atoms with Crippen molar-refractivity contribution >= 4 is 35.0 Å². The summed E-state index contributed by atoms with van der Waals surface area (Å²) in [6, 6.07) is 7.49. The second kappa shape index (κ2) is 5.15. The first kappa shape index (κ1) is 13.8. The lowest BCUT2D eigenvalue weighted by Gasteiger charge is -2.01. The molecule has 0 unspecified atom stereocenters. The molecule has 0 amide bonds. The molecule has 0 spiro atoms. The summed E-state index contributed by atoms with van der Waals surface area (Å²) in [5.74, 6) is 0. The Labute approximate surface area is 121 Å². The normalized spacial score (nSPS) is 10.5. The number of aryl methyl sites for hydroxylation is 2. The zero-order chi connectivity index (χ0) is 12.7. The van der Waals surface area contributed by atoms with Crippen molar-refractivity contribution in [2.24, 2.45) is 7.05 Å². The van der Waals surface area contributed by atoms with Crippen LogP contribution in [0.4, 0.5) is 0 Å². The summed E-state index contributed by atoms with van der Waals surface area (Å²) < 4.78 is 1.79. The molecule has 0 saturated carbocycles. The van der Waals surface area contributed by atoms with Crippen LogP contribution in [0.3, 0.4) is 0 Å². The second-order valence-corrected chi connectivity index (χ2v) is 4.56. The largest absolute Gasteiger partial charge is 0.275 e. The van der Waals surface area contributed by atoms with Crippen LogP contribution in [-0.2, 0) is 7.05 Å². The highest BCUT2D eigenvalue weighted by Crippen LogP contribution is 2.23. The minimum absolute atomic E-state index is 0. The Balaban J connectivity index is 0.00000133. The third-order valence-electron chi connectivity index (χ3n) is 2.80. The summed E-state index contributed by atoms with van der Waals surface area (Å²) >= 11 is 5.85. The Bertz CT molecular complexity index is 737. The third-order valence-corrected chi connectivity index (χ3v) is 3.01. The average molecular weight is 295 g/mol. The van der Waals surface area contributed by atoms with Gasteiger partial charge in [-0.2, -0.15) is 5.10 Å². The van der Waals surface area contributed by atoms with Crippen LogP contribution in [0.25, 0.3) is 22.3 Å². The van der Waals surface area contributed by atoms with Gasteiger partial charge in [0.05, 0.1) is 22.4 Å². The summed E-state index contributed by atoms with van der Waals surface area (Å²) in [7, 11) is 1.90. The monoisotopic (exact) mass is 294 g/mol. The number of pyridine rings is 2. The first-order chi connectivity index (χ1) is 8.63. The van der Waals surface area contributed by atoms with E-state index in [0.29, 0.717) is 5.15 Å². The zero-order valence-corrected chi connectivity index (χ0v) is 12.0. The van der Waals surface area contributed by atoms with E-state index >= 15 is 0 Å². The van der Waals surface area contributed by atoms with Gasteiger partial charge in [-0.25, -0.2) is 9.97 Å². The highest BCUT2D eigenvalue weighted by Gasteiger charge is 2.08. The van der Waals surface area contributed by atoms with Gasteiger partial charge >= 0.3 is 0 Å². The summed E-state index contributed by atoms with van der Waals surface area (Å²) in [6.07, 6.45) is 1.97. The van der Waals surface area contributed by atoms with E-state index in [1.54, 1.807) is 10.7 Å². The van der Waals surface area contributed by atoms with Gasteiger partial charge in [0.25, 0.3) is 0 Å². The van der Waals surface area contributed by atoms with Crippen LogP contribution in [0.5, 0.6) is 0 Å².